The van der Waals surface area contributed by atoms with E-state index in [2.05, 4.69) is 26.5 Å². The highest BCUT2D eigenvalue weighted by atomic mass is 79.9. The van der Waals surface area contributed by atoms with Gasteiger partial charge in [-0.3, -0.25) is 4.79 Å². The van der Waals surface area contributed by atoms with Crippen LogP contribution in [0.15, 0.2) is 56.5 Å². The first-order valence-electron chi connectivity index (χ1n) is 6.83. The number of carbonyl (C=O) groups is 1. The molecule has 2 aromatic carbocycles. The van der Waals surface area contributed by atoms with Gasteiger partial charge < -0.3 is 4.42 Å². The fraction of sp³-hybridized carbons (Fsp3) is 0.0588. The lowest BCUT2D eigenvalue weighted by atomic mass is 10.1. The van der Waals surface area contributed by atoms with Crippen molar-refractivity contribution in [3.63, 3.8) is 0 Å². The molecule has 0 spiro atoms. The summed E-state index contributed by atoms with van der Waals surface area (Å²) in [5.74, 6) is -0.566. The molecule has 1 aromatic heterocycles. The first-order chi connectivity index (χ1) is 11.1. The van der Waals surface area contributed by atoms with Crippen LogP contribution in [0.1, 0.15) is 21.7 Å². The molecule has 0 saturated heterocycles. The Kier molecular flexibility index (Phi) is 4.25. The van der Waals surface area contributed by atoms with Crippen LogP contribution in [0.5, 0.6) is 0 Å². The van der Waals surface area contributed by atoms with Crippen molar-refractivity contribution in [2.24, 2.45) is 5.10 Å². The maximum absolute atomic E-state index is 13.1. The van der Waals surface area contributed by atoms with Gasteiger partial charge in [-0.15, -0.1) is 0 Å². The van der Waals surface area contributed by atoms with Crippen LogP contribution >= 0.6 is 15.9 Å². The average molecular weight is 375 g/mol. The van der Waals surface area contributed by atoms with Crippen LogP contribution in [0.25, 0.3) is 11.0 Å². The van der Waals surface area contributed by atoms with Gasteiger partial charge in [-0.1, -0.05) is 24.3 Å². The zero-order valence-corrected chi connectivity index (χ0v) is 13.7. The van der Waals surface area contributed by atoms with Crippen molar-refractivity contribution in [3.05, 3.63) is 69.6 Å². The molecule has 1 amide bonds. The molecule has 3 aromatic rings. The number of nitrogens with one attached hydrogen (secondary N) is 1. The molecule has 4 nitrogen and oxygen atoms in total. The van der Waals surface area contributed by atoms with Crippen LogP contribution in [0, 0.1) is 12.7 Å². The van der Waals surface area contributed by atoms with Gasteiger partial charge in [0.1, 0.15) is 11.4 Å². The second kappa shape index (κ2) is 6.34. The summed E-state index contributed by atoms with van der Waals surface area (Å²) in [6.45, 7) is 1.82. The molecule has 0 fully saturated rings. The molecule has 1 heterocycles. The van der Waals surface area contributed by atoms with Gasteiger partial charge in [0.25, 0.3) is 0 Å². The molecule has 0 unspecified atom stereocenters. The highest BCUT2D eigenvalue weighted by Gasteiger charge is 2.16. The van der Waals surface area contributed by atoms with Crippen molar-refractivity contribution >= 4 is 39.0 Å². The number of benzene rings is 2. The number of rotatable bonds is 3. The Morgan fingerprint density at radius 3 is 2.83 bits per heavy atom. The Morgan fingerprint density at radius 2 is 2.09 bits per heavy atom. The number of fused-ring (bicyclic) bond motifs is 1. The normalized spacial score (nSPS) is 11.3. The van der Waals surface area contributed by atoms with E-state index >= 15 is 0 Å². The van der Waals surface area contributed by atoms with Crippen molar-refractivity contribution in [3.8, 4) is 0 Å². The number of amides is 1. The highest BCUT2D eigenvalue weighted by Crippen LogP contribution is 2.24. The van der Waals surface area contributed by atoms with Gasteiger partial charge in [-0.25, -0.2) is 9.82 Å². The molecule has 0 aliphatic rings. The molecule has 6 heteroatoms. The Labute approximate surface area is 140 Å². The van der Waals surface area contributed by atoms with Crippen molar-refractivity contribution in [2.75, 3.05) is 0 Å². The molecule has 1 N–H and O–H groups in total. The fourth-order valence-electron chi connectivity index (χ4n) is 2.20. The summed E-state index contributed by atoms with van der Waals surface area (Å²) in [4.78, 5) is 12.2. The zero-order valence-electron chi connectivity index (χ0n) is 12.1. The summed E-state index contributed by atoms with van der Waals surface area (Å²) >= 11 is 3.09. The highest BCUT2D eigenvalue weighted by molar-refractivity contribution is 9.10. The van der Waals surface area contributed by atoms with E-state index in [0.717, 1.165) is 10.9 Å². The lowest BCUT2D eigenvalue weighted by Gasteiger charge is -1.98. The van der Waals surface area contributed by atoms with E-state index in [9.17, 15) is 9.18 Å². The van der Waals surface area contributed by atoms with Crippen LogP contribution in [-0.2, 0) is 0 Å². The van der Waals surface area contributed by atoms with Crippen molar-refractivity contribution < 1.29 is 13.6 Å². The monoisotopic (exact) mass is 374 g/mol. The number of hydrogen-bond donors (Lipinski definition) is 1. The molecule has 23 heavy (non-hydrogen) atoms. The summed E-state index contributed by atoms with van der Waals surface area (Å²) in [5, 5.41) is 4.76. The predicted octanol–water partition coefficient (Wildman–Crippen LogP) is 4.41. The Hall–Kier alpha value is -2.47. The van der Waals surface area contributed by atoms with E-state index < -0.39 is 5.91 Å². The summed E-state index contributed by atoms with van der Waals surface area (Å²) in [5.41, 5.74) is 4.48. The average Bonchev–Trinajstić information content (AvgIpc) is 2.88. The van der Waals surface area contributed by atoms with E-state index in [1.165, 1.54) is 12.3 Å². The standard InChI is InChI=1S/C17H12BrFN2O2/c1-10-12-4-2-3-5-15(12)23-16(10)17(22)21-20-9-11-6-7-14(19)13(18)8-11/h2-9H,1H3,(H,21,22)/b20-9-. The molecular weight excluding hydrogens is 363 g/mol. The smallest absolute Gasteiger partial charge is 0.307 e. The first-order valence-corrected chi connectivity index (χ1v) is 7.62. The number of para-hydroxylation sites is 1. The topological polar surface area (TPSA) is 54.6 Å². The second-order valence-corrected chi connectivity index (χ2v) is 5.78. The number of hydrogen-bond acceptors (Lipinski definition) is 3. The molecular formula is C17H12BrFN2O2. The van der Waals surface area contributed by atoms with Gasteiger partial charge in [0, 0.05) is 10.9 Å². The number of carbonyl (C=O) groups excluding carboxylic acids is 1. The molecule has 116 valence electrons. The minimum absolute atomic E-state index is 0.226. The Morgan fingerprint density at radius 1 is 1.30 bits per heavy atom. The predicted molar refractivity (Wildman–Crippen MR) is 90.1 cm³/mol. The fourth-order valence-corrected chi connectivity index (χ4v) is 2.60. The van der Waals surface area contributed by atoms with Crippen molar-refractivity contribution in [1.29, 1.82) is 0 Å². The lowest BCUT2D eigenvalue weighted by molar-refractivity contribution is 0.0929. The molecule has 3 rings (SSSR count). The number of halogens is 2. The number of furan rings is 1. The van der Waals surface area contributed by atoms with E-state index in [4.69, 9.17) is 4.42 Å². The number of aryl methyl sites for hydroxylation is 1. The third-order valence-corrected chi connectivity index (χ3v) is 3.98. The van der Waals surface area contributed by atoms with Crippen LogP contribution in [0.3, 0.4) is 0 Å². The SMILES string of the molecule is Cc1c(C(=O)N/N=C\c2ccc(F)c(Br)c2)oc2ccccc12. The molecule has 0 atom stereocenters. The summed E-state index contributed by atoms with van der Waals surface area (Å²) in [6, 6.07) is 11.9. The number of nitrogens with zero attached hydrogens (tertiary/aromatic N) is 1. The zero-order chi connectivity index (χ0) is 16.4. The van der Waals surface area contributed by atoms with E-state index in [1.807, 2.05) is 25.1 Å². The largest absolute Gasteiger partial charge is 0.451 e. The van der Waals surface area contributed by atoms with Crippen LogP contribution in [0.4, 0.5) is 4.39 Å². The summed E-state index contributed by atoms with van der Waals surface area (Å²) in [6.07, 6.45) is 1.43. The maximum Gasteiger partial charge on any atom is 0.307 e. The molecule has 0 saturated carbocycles. The van der Waals surface area contributed by atoms with Gasteiger partial charge in [-0.05, 0) is 46.6 Å². The van der Waals surface area contributed by atoms with E-state index in [1.54, 1.807) is 18.2 Å². The quantitative estimate of drug-likeness (QED) is 0.545. The van der Waals surface area contributed by atoms with Crippen LogP contribution in [0.2, 0.25) is 0 Å². The minimum atomic E-state index is -0.434. The molecule has 0 aliphatic heterocycles. The van der Waals surface area contributed by atoms with Crippen LogP contribution in [-0.4, -0.2) is 12.1 Å². The summed E-state index contributed by atoms with van der Waals surface area (Å²) < 4.78 is 19.0. The summed E-state index contributed by atoms with van der Waals surface area (Å²) in [7, 11) is 0. The van der Waals surface area contributed by atoms with Crippen molar-refractivity contribution in [1.82, 2.24) is 5.43 Å². The Bertz CT molecular complexity index is 918. The lowest BCUT2D eigenvalue weighted by Crippen LogP contribution is -2.17. The van der Waals surface area contributed by atoms with Gasteiger partial charge >= 0.3 is 5.91 Å². The third-order valence-electron chi connectivity index (χ3n) is 3.37. The molecule has 0 aliphatic carbocycles. The Balaban J connectivity index is 1.77. The van der Waals surface area contributed by atoms with Crippen LogP contribution < -0.4 is 5.43 Å². The third kappa shape index (κ3) is 3.17. The van der Waals surface area contributed by atoms with Gasteiger partial charge in [0.05, 0.1) is 10.7 Å². The maximum atomic E-state index is 13.1. The van der Waals surface area contributed by atoms with Crippen molar-refractivity contribution in [2.45, 2.75) is 6.92 Å². The van der Waals surface area contributed by atoms with Gasteiger partial charge in [0.2, 0.25) is 0 Å². The first kappa shape index (κ1) is 15.4. The minimum Gasteiger partial charge on any atom is -0.451 e. The number of hydrazone groups is 1. The van der Waals surface area contributed by atoms with E-state index in [-0.39, 0.29) is 11.6 Å². The van der Waals surface area contributed by atoms with Gasteiger partial charge in [0.15, 0.2) is 5.76 Å². The second-order valence-electron chi connectivity index (χ2n) is 4.93. The van der Waals surface area contributed by atoms with Gasteiger partial charge in [-0.2, -0.15) is 5.10 Å². The van der Waals surface area contributed by atoms with E-state index in [0.29, 0.717) is 15.6 Å². The molecule has 0 radical (unpaired) electrons. The molecule has 0 bridgehead atoms.